The van der Waals surface area contributed by atoms with Gasteiger partial charge in [0.05, 0.1) is 12.8 Å². The fourth-order valence-electron chi connectivity index (χ4n) is 3.85. The summed E-state index contributed by atoms with van der Waals surface area (Å²) >= 11 is 0. The number of anilines is 1. The second-order valence-electron chi connectivity index (χ2n) is 7.43. The molecular formula is C25H27FN2O2. The Labute approximate surface area is 177 Å². The number of ether oxygens (including phenoxy) is 2. The van der Waals surface area contributed by atoms with E-state index in [0.29, 0.717) is 5.75 Å². The summed E-state index contributed by atoms with van der Waals surface area (Å²) in [5, 5.41) is 0. The summed E-state index contributed by atoms with van der Waals surface area (Å²) in [5.74, 6) is 1.33. The van der Waals surface area contributed by atoms with Crippen molar-refractivity contribution in [3.8, 4) is 11.5 Å². The van der Waals surface area contributed by atoms with Gasteiger partial charge in [-0.25, -0.2) is 4.39 Å². The number of hydrogen-bond donors (Lipinski definition) is 0. The average molecular weight is 407 g/mol. The third kappa shape index (κ3) is 4.92. The lowest BCUT2D eigenvalue weighted by Crippen LogP contribution is -2.48. The highest BCUT2D eigenvalue weighted by molar-refractivity contribution is 5.58. The molecule has 0 spiro atoms. The first-order chi connectivity index (χ1) is 14.7. The highest BCUT2D eigenvalue weighted by Gasteiger charge is 2.23. The average Bonchev–Trinajstić information content (AvgIpc) is 2.81. The van der Waals surface area contributed by atoms with Gasteiger partial charge in [0.15, 0.2) is 0 Å². The van der Waals surface area contributed by atoms with Gasteiger partial charge in [-0.2, -0.15) is 0 Å². The normalized spacial score (nSPS) is 15.6. The van der Waals surface area contributed by atoms with Gasteiger partial charge in [0.1, 0.15) is 23.4 Å². The summed E-state index contributed by atoms with van der Waals surface area (Å²) < 4.78 is 25.1. The minimum absolute atomic E-state index is 0.116. The lowest BCUT2D eigenvalue weighted by Gasteiger charge is -2.38. The Bertz CT molecular complexity index is 925. The minimum atomic E-state index is -0.258. The molecule has 0 bridgehead atoms. The van der Waals surface area contributed by atoms with Crippen LogP contribution in [-0.4, -0.2) is 44.7 Å². The smallest absolute Gasteiger partial charge is 0.142 e. The van der Waals surface area contributed by atoms with Crippen LogP contribution in [0.3, 0.4) is 0 Å². The molecule has 5 heteroatoms. The van der Waals surface area contributed by atoms with E-state index in [2.05, 4.69) is 28.0 Å². The van der Waals surface area contributed by atoms with Crippen molar-refractivity contribution in [2.24, 2.45) is 0 Å². The Kier molecular flexibility index (Phi) is 6.50. The van der Waals surface area contributed by atoms with Gasteiger partial charge in [0.2, 0.25) is 0 Å². The van der Waals surface area contributed by atoms with E-state index < -0.39 is 0 Å². The summed E-state index contributed by atoms with van der Waals surface area (Å²) in [6, 6.07) is 24.6. The van der Waals surface area contributed by atoms with Crippen LogP contribution in [0.5, 0.6) is 11.5 Å². The predicted molar refractivity (Wildman–Crippen MR) is 118 cm³/mol. The van der Waals surface area contributed by atoms with E-state index in [1.54, 1.807) is 19.2 Å². The lowest BCUT2D eigenvalue weighted by atomic mass is 10.1. The number of hydrogen-bond acceptors (Lipinski definition) is 4. The summed E-state index contributed by atoms with van der Waals surface area (Å²) in [7, 11) is 1.71. The molecule has 1 heterocycles. The van der Waals surface area contributed by atoms with Crippen LogP contribution in [0.2, 0.25) is 0 Å². The lowest BCUT2D eigenvalue weighted by molar-refractivity contribution is 0.128. The standard InChI is InChI=1S/C25H27FN2O2/c1-29-24-10-6-5-9-23(24)28-17-15-27(16-18-28)19-25(20-7-3-2-4-8-20)30-22-13-11-21(26)12-14-22/h2-14,25H,15-19H2,1H3. The molecule has 1 saturated heterocycles. The third-order valence-electron chi connectivity index (χ3n) is 5.49. The largest absolute Gasteiger partial charge is 0.495 e. The number of nitrogens with zero attached hydrogens (tertiary/aromatic N) is 2. The third-order valence-corrected chi connectivity index (χ3v) is 5.49. The second kappa shape index (κ2) is 9.63. The Morgan fingerprint density at radius 1 is 0.833 bits per heavy atom. The molecule has 4 nitrogen and oxygen atoms in total. The van der Waals surface area contributed by atoms with Crippen molar-refractivity contribution < 1.29 is 13.9 Å². The van der Waals surface area contributed by atoms with Crippen molar-refractivity contribution in [1.82, 2.24) is 4.90 Å². The van der Waals surface area contributed by atoms with Crippen LogP contribution in [-0.2, 0) is 0 Å². The van der Waals surface area contributed by atoms with Crippen molar-refractivity contribution in [2.75, 3.05) is 44.7 Å². The SMILES string of the molecule is COc1ccccc1N1CCN(CC(Oc2ccc(F)cc2)c2ccccc2)CC1. The van der Waals surface area contributed by atoms with Crippen LogP contribution in [0.15, 0.2) is 78.9 Å². The molecule has 1 fully saturated rings. The molecule has 0 saturated carbocycles. The highest BCUT2D eigenvalue weighted by atomic mass is 19.1. The molecule has 0 aliphatic carbocycles. The van der Waals surface area contributed by atoms with E-state index in [4.69, 9.17) is 9.47 Å². The molecule has 30 heavy (non-hydrogen) atoms. The van der Waals surface area contributed by atoms with E-state index in [9.17, 15) is 4.39 Å². The van der Waals surface area contributed by atoms with Crippen LogP contribution in [0.1, 0.15) is 11.7 Å². The van der Waals surface area contributed by atoms with Crippen molar-refractivity contribution in [1.29, 1.82) is 0 Å². The van der Waals surface area contributed by atoms with Gasteiger partial charge in [0.25, 0.3) is 0 Å². The number of para-hydroxylation sites is 2. The molecule has 4 rings (SSSR count). The van der Waals surface area contributed by atoms with Crippen LogP contribution in [0, 0.1) is 5.82 Å². The Morgan fingerprint density at radius 2 is 1.50 bits per heavy atom. The molecule has 1 atom stereocenters. The van der Waals surface area contributed by atoms with Crippen LogP contribution in [0.4, 0.5) is 10.1 Å². The first-order valence-electron chi connectivity index (χ1n) is 10.3. The first kappa shape index (κ1) is 20.2. The molecular weight excluding hydrogens is 379 g/mol. The second-order valence-corrected chi connectivity index (χ2v) is 7.43. The number of halogens is 1. The number of piperazine rings is 1. The monoisotopic (exact) mass is 406 g/mol. The Balaban J connectivity index is 1.43. The number of rotatable bonds is 7. The van der Waals surface area contributed by atoms with Crippen molar-refractivity contribution >= 4 is 5.69 Å². The fraction of sp³-hybridized carbons (Fsp3) is 0.280. The van der Waals surface area contributed by atoms with Gasteiger partial charge in [-0.1, -0.05) is 42.5 Å². The topological polar surface area (TPSA) is 24.9 Å². The van der Waals surface area contributed by atoms with E-state index in [1.807, 2.05) is 36.4 Å². The number of benzene rings is 3. The molecule has 1 unspecified atom stereocenters. The van der Waals surface area contributed by atoms with Crippen LogP contribution < -0.4 is 14.4 Å². The van der Waals surface area contributed by atoms with Crippen LogP contribution >= 0.6 is 0 Å². The fourth-order valence-corrected chi connectivity index (χ4v) is 3.85. The van der Waals surface area contributed by atoms with Gasteiger partial charge in [-0.3, -0.25) is 4.90 Å². The van der Waals surface area contributed by atoms with E-state index in [0.717, 1.165) is 49.7 Å². The molecule has 0 N–H and O–H groups in total. The van der Waals surface area contributed by atoms with Gasteiger partial charge < -0.3 is 14.4 Å². The molecule has 3 aromatic carbocycles. The molecule has 156 valence electrons. The van der Waals surface area contributed by atoms with Gasteiger partial charge in [0, 0.05) is 32.7 Å². The van der Waals surface area contributed by atoms with E-state index >= 15 is 0 Å². The first-order valence-corrected chi connectivity index (χ1v) is 10.3. The zero-order valence-electron chi connectivity index (χ0n) is 17.2. The van der Waals surface area contributed by atoms with Crippen molar-refractivity contribution in [3.63, 3.8) is 0 Å². The van der Waals surface area contributed by atoms with Crippen molar-refractivity contribution in [3.05, 3.63) is 90.2 Å². The molecule has 3 aromatic rings. The highest BCUT2D eigenvalue weighted by Crippen LogP contribution is 2.29. The molecule has 1 aliphatic heterocycles. The van der Waals surface area contributed by atoms with Gasteiger partial charge >= 0.3 is 0 Å². The summed E-state index contributed by atoms with van der Waals surface area (Å²) in [4.78, 5) is 4.79. The van der Waals surface area contributed by atoms with Crippen LogP contribution in [0.25, 0.3) is 0 Å². The summed E-state index contributed by atoms with van der Waals surface area (Å²) in [5.41, 5.74) is 2.26. The maximum atomic E-state index is 13.3. The van der Waals surface area contributed by atoms with Crippen molar-refractivity contribution in [2.45, 2.75) is 6.10 Å². The maximum Gasteiger partial charge on any atom is 0.142 e. The molecule has 1 aliphatic rings. The molecule has 0 aromatic heterocycles. The maximum absolute atomic E-state index is 13.3. The molecule has 0 radical (unpaired) electrons. The Hall–Kier alpha value is -3.05. The van der Waals surface area contributed by atoms with E-state index in [1.165, 1.54) is 12.1 Å². The minimum Gasteiger partial charge on any atom is -0.495 e. The van der Waals surface area contributed by atoms with E-state index in [-0.39, 0.29) is 11.9 Å². The Morgan fingerprint density at radius 3 is 2.20 bits per heavy atom. The molecule has 0 amide bonds. The van der Waals surface area contributed by atoms with Gasteiger partial charge in [-0.05, 0) is 42.0 Å². The quantitative estimate of drug-likeness (QED) is 0.564. The summed E-state index contributed by atoms with van der Waals surface area (Å²) in [6.07, 6.45) is -0.116. The zero-order chi connectivity index (χ0) is 20.8. The summed E-state index contributed by atoms with van der Waals surface area (Å²) in [6.45, 7) is 4.51. The zero-order valence-corrected chi connectivity index (χ0v) is 17.2. The predicted octanol–water partition coefficient (Wildman–Crippen LogP) is 4.78. The van der Waals surface area contributed by atoms with Gasteiger partial charge in [-0.15, -0.1) is 0 Å². The number of methoxy groups -OCH3 is 1.